The quantitative estimate of drug-likeness (QED) is 0.808. The first-order valence-electron chi connectivity index (χ1n) is 5.78. The molecule has 1 fully saturated rings. The molecule has 5 heteroatoms. The molecule has 0 radical (unpaired) electrons. The van der Waals surface area contributed by atoms with E-state index in [-0.39, 0.29) is 5.54 Å². The van der Waals surface area contributed by atoms with E-state index in [0.717, 1.165) is 17.7 Å². The molecule has 1 aromatic rings. The van der Waals surface area contributed by atoms with E-state index in [2.05, 4.69) is 18.7 Å². The lowest BCUT2D eigenvalue weighted by atomic mass is 10.0. The minimum Gasteiger partial charge on any atom is -0.364 e. The summed E-state index contributed by atoms with van der Waals surface area (Å²) in [7, 11) is 0. The van der Waals surface area contributed by atoms with Gasteiger partial charge in [0, 0.05) is 12.1 Å². The Morgan fingerprint density at radius 1 is 1.22 bits per heavy atom. The van der Waals surface area contributed by atoms with E-state index in [1.54, 1.807) is 0 Å². The topological polar surface area (TPSA) is 12.5 Å². The number of alkyl halides is 3. The van der Waals surface area contributed by atoms with Gasteiger partial charge in [-0.3, -0.25) is 4.90 Å². The van der Waals surface area contributed by atoms with Gasteiger partial charge in [0.25, 0.3) is 0 Å². The van der Waals surface area contributed by atoms with Crippen LogP contribution in [-0.2, 0) is 17.5 Å². The van der Waals surface area contributed by atoms with Gasteiger partial charge in [-0.15, -0.1) is 0 Å². The maximum Gasteiger partial charge on any atom is 0.416 e. The molecule has 0 unspecified atom stereocenters. The molecule has 2 rings (SSSR count). The molecule has 1 saturated heterocycles. The number of rotatable bonds is 2. The summed E-state index contributed by atoms with van der Waals surface area (Å²) in [4.78, 5) is 2.11. The van der Waals surface area contributed by atoms with Gasteiger partial charge in [-0.2, -0.15) is 13.2 Å². The highest BCUT2D eigenvalue weighted by Crippen LogP contribution is 2.30. The summed E-state index contributed by atoms with van der Waals surface area (Å²) in [6.07, 6.45) is -4.27. The van der Waals surface area contributed by atoms with Crippen molar-refractivity contribution in [3.05, 3.63) is 35.4 Å². The summed E-state index contributed by atoms with van der Waals surface area (Å²) in [6.45, 7) is 5.89. The highest BCUT2D eigenvalue weighted by molar-refractivity contribution is 5.24. The fourth-order valence-electron chi connectivity index (χ4n) is 1.95. The van der Waals surface area contributed by atoms with E-state index in [9.17, 15) is 13.2 Å². The summed E-state index contributed by atoms with van der Waals surface area (Å²) >= 11 is 0. The smallest absolute Gasteiger partial charge is 0.364 e. The molecule has 1 heterocycles. The summed E-state index contributed by atoms with van der Waals surface area (Å²) in [5, 5.41) is 0. The van der Waals surface area contributed by atoms with Gasteiger partial charge >= 0.3 is 6.18 Å². The molecular weight excluding hydrogens is 243 g/mol. The van der Waals surface area contributed by atoms with Crippen LogP contribution in [0.4, 0.5) is 13.2 Å². The second-order valence-corrected chi connectivity index (χ2v) is 5.18. The zero-order valence-electron chi connectivity index (χ0n) is 10.4. The van der Waals surface area contributed by atoms with Gasteiger partial charge in [0.1, 0.15) is 0 Å². The van der Waals surface area contributed by atoms with Crippen molar-refractivity contribution in [2.75, 3.05) is 13.3 Å². The predicted molar refractivity (Wildman–Crippen MR) is 61.9 cm³/mol. The maximum absolute atomic E-state index is 12.4. The van der Waals surface area contributed by atoms with Crippen LogP contribution >= 0.6 is 0 Å². The molecular formula is C13H16F3NO. The summed E-state index contributed by atoms with van der Waals surface area (Å²) in [5.41, 5.74) is 0.188. The third-order valence-electron chi connectivity index (χ3n) is 3.21. The predicted octanol–water partition coefficient (Wildman–Crippen LogP) is 3.27. The van der Waals surface area contributed by atoms with Gasteiger partial charge in [-0.05, 0) is 31.5 Å². The third kappa shape index (κ3) is 2.84. The van der Waals surface area contributed by atoms with Crippen molar-refractivity contribution in [1.29, 1.82) is 0 Å². The average molecular weight is 259 g/mol. The molecule has 1 aliphatic rings. The molecule has 0 aromatic heterocycles. The summed E-state index contributed by atoms with van der Waals surface area (Å²) < 4.78 is 42.6. The van der Waals surface area contributed by atoms with Crippen LogP contribution in [0.3, 0.4) is 0 Å². The highest BCUT2D eigenvalue weighted by atomic mass is 19.4. The van der Waals surface area contributed by atoms with Crippen LogP contribution in [0.2, 0.25) is 0 Å². The van der Waals surface area contributed by atoms with Gasteiger partial charge in [-0.1, -0.05) is 12.1 Å². The zero-order chi connectivity index (χ0) is 13.4. The number of benzene rings is 1. The number of nitrogens with zero attached hydrogens (tertiary/aromatic N) is 1. The molecule has 0 bridgehead atoms. The molecule has 100 valence electrons. The van der Waals surface area contributed by atoms with Crippen LogP contribution in [0.1, 0.15) is 25.0 Å². The molecule has 1 aromatic carbocycles. The van der Waals surface area contributed by atoms with E-state index in [4.69, 9.17) is 4.74 Å². The lowest BCUT2D eigenvalue weighted by Crippen LogP contribution is -2.39. The Balaban J connectivity index is 2.07. The SMILES string of the molecule is CC1(C)COCN1Cc1ccc(C(F)(F)F)cc1. The Bertz CT molecular complexity index is 411. The van der Waals surface area contributed by atoms with E-state index < -0.39 is 11.7 Å². The molecule has 0 saturated carbocycles. The lowest BCUT2D eigenvalue weighted by Gasteiger charge is -2.29. The van der Waals surface area contributed by atoms with E-state index in [1.807, 2.05) is 0 Å². The first-order valence-corrected chi connectivity index (χ1v) is 5.78. The van der Waals surface area contributed by atoms with Gasteiger partial charge in [0.05, 0.1) is 18.9 Å². The van der Waals surface area contributed by atoms with Crippen molar-refractivity contribution < 1.29 is 17.9 Å². The maximum atomic E-state index is 12.4. The average Bonchev–Trinajstić information content (AvgIpc) is 2.58. The third-order valence-corrected chi connectivity index (χ3v) is 3.21. The van der Waals surface area contributed by atoms with Crippen LogP contribution in [0, 0.1) is 0 Å². The molecule has 18 heavy (non-hydrogen) atoms. The van der Waals surface area contributed by atoms with Crippen LogP contribution in [-0.4, -0.2) is 23.8 Å². The minimum absolute atomic E-state index is 0.0668. The molecule has 0 N–H and O–H groups in total. The Morgan fingerprint density at radius 2 is 1.83 bits per heavy atom. The van der Waals surface area contributed by atoms with Crippen molar-refractivity contribution >= 4 is 0 Å². The minimum atomic E-state index is -4.27. The van der Waals surface area contributed by atoms with Crippen molar-refractivity contribution in [3.8, 4) is 0 Å². The Kier molecular flexibility index (Phi) is 3.38. The Morgan fingerprint density at radius 3 is 2.28 bits per heavy atom. The number of halogens is 3. The van der Waals surface area contributed by atoms with Crippen LogP contribution < -0.4 is 0 Å². The van der Waals surface area contributed by atoms with E-state index >= 15 is 0 Å². The molecule has 0 amide bonds. The number of ether oxygens (including phenoxy) is 1. The normalized spacial score (nSPS) is 20.3. The van der Waals surface area contributed by atoms with Gasteiger partial charge in [0.2, 0.25) is 0 Å². The first-order chi connectivity index (χ1) is 8.29. The fraction of sp³-hybridized carbons (Fsp3) is 0.538. The van der Waals surface area contributed by atoms with Crippen LogP contribution in [0.5, 0.6) is 0 Å². The van der Waals surface area contributed by atoms with Gasteiger partial charge in [-0.25, -0.2) is 0 Å². The van der Waals surface area contributed by atoms with E-state index in [0.29, 0.717) is 19.9 Å². The van der Waals surface area contributed by atoms with Crippen LogP contribution in [0.15, 0.2) is 24.3 Å². The largest absolute Gasteiger partial charge is 0.416 e. The van der Waals surface area contributed by atoms with Gasteiger partial charge in [0.15, 0.2) is 0 Å². The van der Waals surface area contributed by atoms with Crippen molar-refractivity contribution in [3.63, 3.8) is 0 Å². The first kappa shape index (κ1) is 13.4. The second-order valence-electron chi connectivity index (χ2n) is 5.18. The number of hydrogen-bond donors (Lipinski definition) is 0. The summed E-state index contributed by atoms with van der Waals surface area (Å²) in [6, 6.07) is 5.30. The van der Waals surface area contributed by atoms with Crippen molar-refractivity contribution in [2.45, 2.75) is 32.1 Å². The monoisotopic (exact) mass is 259 g/mol. The van der Waals surface area contributed by atoms with Crippen molar-refractivity contribution in [1.82, 2.24) is 4.90 Å². The summed E-state index contributed by atoms with van der Waals surface area (Å²) in [5.74, 6) is 0. The lowest BCUT2D eigenvalue weighted by molar-refractivity contribution is -0.137. The van der Waals surface area contributed by atoms with Gasteiger partial charge < -0.3 is 4.74 Å². The molecule has 1 aliphatic heterocycles. The molecule has 0 atom stereocenters. The standard InChI is InChI=1S/C13H16F3NO/c1-12(2)8-18-9-17(12)7-10-3-5-11(6-4-10)13(14,15)16/h3-6H,7-9H2,1-2H3. The molecule has 0 spiro atoms. The van der Waals surface area contributed by atoms with Crippen LogP contribution in [0.25, 0.3) is 0 Å². The second kappa shape index (κ2) is 4.55. The Hall–Kier alpha value is -1.07. The fourth-order valence-corrected chi connectivity index (χ4v) is 1.95. The van der Waals surface area contributed by atoms with Crippen molar-refractivity contribution in [2.24, 2.45) is 0 Å². The zero-order valence-corrected chi connectivity index (χ0v) is 10.4. The Labute approximate surface area is 104 Å². The highest BCUT2D eigenvalue weighted by Gasteiger charge is 2.33. The molecule has 0 aliphatic carbocycles. The molecule has 2 nitrogen and oxygen atoms in total. The number of hydrogen-bond acceptors (Lipinski definition) is 2. The van der Waals surface area contributed by atoms with E-state index in [1.165, 1.54) is 12.1 Å².